The van der Waals surface area contributed by atoms with Crippen molar-refractivity contribution >= 4 is 17.7 Å². The average molecular weight is 268 g/mol. The Balaban J connectivity index is 3.28. The molecule has 1 aromatic heterocycles. The zero-order valence-corrected chi connectivity index (χ0v) is 11.7. The van der Waals surface area contributed by atoms with Crippen LogP contribution in [0.5, 0.6) is 0 Å². The SMILES string of the molecule is Cc1nn(C)c(N(CC(N)=O)CC(C)C)c1C(=O)O. The third kappa shape index (κ3) is 3.46. The number of hydrogen-bond donors (Lipinski definition) is 2. The normalized spacial score (nSPS) is 10.8. The van der Waals surface area contributed by atoms with Gasteiger partial charge >= 0.3 is 5.97 Å². The molecule has 0 fully saturated rings. The fourth-order valence-electron chi connectivity index (χ4n) is 2.11. The Morgan fingerprint density at radius 3 is 2.47 bits per heavy atom. The maximum atomic E-state index is 11.3. The van der Waals surface area contributed by atoms with Gasteiger partial charge in [-0.3, -0.25) is 9.48 Å². The number of amides is 1. The highest BCUT2D eigenvalue weighted by molar-refractivity contribution is 5.95. The molecule has 0 spiro atoms. The molecule has 1 heterocycles. The van der Waals surface area contributed by atoms with E-state index in [1.165, 1.54) is 4.68 Å². The lowest BCUT2D eigenvalue weighted by molar-refractivity contribution is -0.116. The average Bonchev–Trinajstić information content (AvgIpc) is 2.50. The first-order valence-electron chi connectivity index (χ1n) is 6.04. The Kier molecular flexibility index (Phi) is 4.52. The van der Waals surface area contributed by atoms with E-state index in [0.717, 1.165) is 0 Å². The maximum absolute atomic E-state index is 11.3. The predicted molar refractivity (Wildman–Crippen MR) is 71.1 cm³/mol. The number of primary amides is 1. The lowest BCUT2D eigenvalue weighted by atomic mass is 10.1. The van der Waals surface area contributed by atoms with Crippen molar-refractivity contribution in [3.8, 4) is 0 Å². The van der Waals surface area contributed by atoms with Crippen molar-refractivity contribution in [1.29, 1.82) is 0 Å². The van der Waals surface area contributed by atoms with Crippen molar-refractivity contribution in [3.05, 3.63) is 11.3 Å². The molecule has 0 radical (unpaired) electrons. The molecule has 1 amide bonds. The maximum Gasteiger partial charge on any atom is 0.341 e. The molecule has 0 atom stereocenters. The number of carbonyl (C=O) groups excluding carboxylic acids is 1. The van der Waals surface area contributed by atoms with Crippen LogP contribution >= 0.6 is 0 Å². The molecule has 7 heteroatoms. The zero-order chi connectivity index (χ0) is 14.7. The molecule has 0 aliphatic heterocycles. The Bertz CT molecular complexity index is 493. The minimum Gasteiger partial charge on any atom is -0.477 e. The molecule has 19 heavy (non-hydrogen) atoms. The number of carboxylic acid groups (broad SMARTS) is 1. The van der Waals surface area contributed by atoms with Crippen molar-refractivity contribution in [1.82, 2.24) is 9.78 Å². The van der Waals surface area contributed by atoms with Gasteiger partial charge < -0.3 is 15.7 Å². The summed E-state index contributed by atoms with van der Waals surface area (Å²) in [4.78, 5) is 24.2. The summed E-state index contributed by atoms with van der Waals surface area (Å²) in [5.74, 6) is -0.886. The van der Waals surface area contributed by atoms with Gasteiger partial charge in [0, 0.05) is 13.6 Å². The van der Waals surface area contributed by atoms with Gasteiger partial charge in [0.15, 0.2) is 0 Å². The Morgan fingerprint density at radius 1 is 1.47 bits per heavy atom. The van der Waals surface area contributed by atoms with Crippen molar-refractivity contribution in [2.24, 2.45) is 18.7 Å². The summed E-state index contributed by atoms with van der Waals surface area (Å²) in [5, 5.41) is 13.4. The summed E-state index contributed by atoms with van der Waals surface area (Å²) < 4.78 is 1.48. The van der Waals surface area contributed by atoms with Crippen molar-refractivity contribution in [2.45, 2.75) is 20.8 Å². The number of aromatic carboxylic acids is 1. The molecule has 0 bridgehead atoms. The number of nitrogens with two attached hydrogens (primary N) is 1. The van der Waals surface area contributed by atoms with Crippen LogP contribution in [0.1, 0.15) is 29.9 Å². The van der Waals surface area contributed by atoms with E-state index in [0.29, 0.717) is 18.1 Å². The molecule has 0 saturated heterocycles. The fourth-order valence-corrected chi connectivity index (χ4v) is 2.11. The van der Waals surface area contributed by atoms with Crippen molar-refractivity contribution in [3.63, 3.8) is 0 Å². The molecule has 3 N–H and O–H groups in total. The van der Waals surface area contributed by atoms with Crippen LogP contribution in [0.25, 0.3) is 0 Å². The standard InChI is InChI=1S/C12H20N4O3/c1-7(2)5-16(6-9(13)17)11-10(12(18)19)8(3)14-15(11)4/h7H,5-6H2,1-4H3,(H2,13,17)(H,18,19). The number of carboxylic acids is 1. The zero-order valence-electron chi connectivity index (χ0n) is 11.7. The first-order valence-corrected chi connectivity index (χ1v) is 6.04. The number of hydrogen-bond acceptors (Lipinski definition) is 4. The highest BCUT2D eigenvalue weighted by atomic mass is 16.4. The molecule has 0 saturated carbocycles. The number of carbonyl (C=O) groups is 2. The van der Waals surface area contributed by atoms with E-state index in [-0.39, 0.29) is 18.0 Å². The van der Waals surface area contributed by atoms with E-state index in [2.05, 4.69) is 5.10 Å². The van der Waals surface area contributed by atoms with Crippen LogP contribution in [0, 0.1) is 12.8 Å². The summed E-state index contributed by atoms with van der Waals surface area (Å²) in [5.41, 5.74) is 5.77. The van der Waals surface area contributed by atoms with E-state index >= 15 is 0 Å². The quantitative estimate of drug-likeness (QED) is 0.776. The van der Waals surface area contributed by atoms with Gasteiger partial charge in [-0.15, -0.1) is 0 Å². The molecule has 0 aliphatic carbocycles. The second kappa shape index (κ2) is 5.73. The third-order valence-electron chi connectivity index (χ3n) is 2.64. The third-order valence-corrected chi connectivity index (χ3v) is 2.64. The minimum absolute atomic E-state index is 0.0303. The van der Waals surface area contributed by atoms with Gasteiger partial charge in [0.1, 0.15) is 11.4 Å². The van der Waals surface area contributed by atoms with Crippen LogP contribution in [0.4, 0.5) is 5.82 Å². The lowest BCUT2D eigenvalue weighted by Crippen LogP contribution is -2.38. The van der Waals surface area contributed by atoms with Gasteiger partial charge in [0.05, 0.1) is 12.2 Å². The second-order valence-corrected chi connectivity index (χ2v) is 4.95. The lowest BCUT2D eigenvalue weighted by Gasteiger charge is -2.25. The minimum atomic E-state index is -1.06. The van der Waals surface area contributed by atoms with Gasteiger partial charge in [-0.1, -0.05) is 13.8 Å². The van der Waals surface area contributed by atoms with Gasteiger partial charge in [-0.05, 0) is 12.8 Å². The number of nitrogens with zero attached hydrogens (tertiary/aromatic N) is 3. The number of anilines is 1. The topological polar surface area (TPSA) is 101 Å². The molecular weight excluding hydrogens is 248 g/mol. The molecular formula is C12H20N4O3. The number of aromatic nitrogens is 2. The molecule has 7 nitrogen and oxygen atoms in total. The van der Waals surface area contributed by atoms with Crippen LogP contribution in [0.2, 0.25) is 0 Å². The predicted octanol–water partition coefficient (Wildman–Crippen LogP) is 0.374. The van der Waals surface area contributed by atoms with E-state index in [9.17, 15) is 14.7 Å². The van der Waals surface area contributed by atoms with Crippen LogP contribution in [-0.4, -0.2) is 39.9 Å². The van der Waals surface area contributed by atoms with Gasteiger partial charge in [-0.2, -0.15) is 5.10 Å². The molecule has 106 valence electrons. The van der Waals surface area contributed by atoms with Gasteiger partial charge in [-0.25, -0.2) is 4.79 Å². The largest absolute Gasteiger partial charge is 0.477 e. The highest BCUT2D eigenvalue weighted by Gasteiger charge is 2.25. The van der Waals surface area contributed by atoms with Gasteiger partial charge in [0.2, 0.25) is 5.91 Å². The monoisotopic (exact) mass is 268 g/mol. The summed E-state index contributed by atoms with van der Waals surface area (Å²) in [6.07, 6.45) is 0. The number of rotatable bonds is 6. The van der Waals surface area contributed by atoms with Crippen LogP contribution in [-0.2, 0) is 11.8 Å². The smallest absolute Gasteiger partial charge is 0.341 e. The summed E-state index contributed by atoms with van der Waals surface area (Å²) in [7, 11) is 1.66. The van der Waals surface area contributed by atoms with Crippen LogP contribution < -0.4 is 10.6 Å². The molecule has 1 rings (SSSR count). The fraction of sp³-hybridized carbons (Fsp3) is 0.583. The van der Waals surface area contributed by atoms with Gasteiger partial charge in [0.25, 0.3) is 0 Å². The summed E-state index contributed by atoms with van der Waals surface area (Å²) in [6, 6.07) is 0. The number of aryl methyl sites for hydroxylation is 2. The summed E-state index contributed by atoms with van der Waals surface area (Å²) in [6.45, 7) is 6.10. The first-order chi connectivity index (χ1) is 8.73. The second-order valence-electron chi connectivity index (χ2n) is 4.95. The molecule has 0 aromatic carbocycles. The Morgan fingerprint density at radius 2 is 2.05 bits per heavy atom. The van der Waals surface area contributed by atoms with E-state index < -0.39 is 11.9 Å². The van der Waals surface area contributed by atoms with Crippen LogP contribution in [0.3, 0.4) is 0 Å². The van der Waals surface area contributed by atoms with E-state index in [4.69, 9.17) is 5.73 Å². The highest BCUT2D eigenvalue weighted by Crippen LogP contribution is 2.24. The molecule has 0 unspecified atom stereocenters. The van der Waals surface area contributed by atoms with Crippen molar-refractivity contribution < 1.29 is 14.7 Å². The van der Waals surface area contributed by atoms with E-state index in [1.807, 2.05) is 13.8 Å². The summed E-state index contributed by atoms with van der Waals surface area (Å²) >= 11 is 0. The molecule has 0 aliphatic rings. The Labute approximate surface area is 112 Å². The molecule has 1 aromatic rings. The first kappa shape index (κ1) is 15.0. The van der Waals surface area contributed by atoms with E-state index in [1.54, 1.807) is 18.9 Å². The van der Waals surface area contributed by atoms with Crippen LogP contribution in [0.15, 0.2) is 0 Å². The van der Waals surface area contributed by atoms with Crippen molar-refractivity contribution in [2.75, 3.05) is 18.0 Å². The Hall–Kier alpha value is -2.05.